The van der Waals surface area contributed by atoms with Crippen molar-refractivity contribution in [3.8, 4) is 0 Å². The van der Waals surface area contributed by atoms with E-state index in [0.29, 0.717) is 5.56 Å². The summed E-state index contributed by atoms with van der Waals surface area (Å²) in [5.41, 5.74) is 1.37. The Morgan fingerprint density at radius 1 is 1.05 bits per heavy atom. The lowest BCUT2D eigenvalue weighted by molar-refractivity contribution is 0.0600. The molecule has 0 amide bonds. The fourth-order valence-electron chi connectivity index (χ4n) is 1.62. The van der Waals surface area contributed by atoms with Gasteiger partial charge in [0.15, 0.2) is 0 Å². The van der Waals surface area contributed by atoms with Crippen LogP contribution in [0.3, 0.4) is 0 Å². The van der Waals surface area contributed by atoms with Crippen LogP contribution in [0.4, 0.5) is 0 Å². The normalized spacial score (nSPS) is 12.2. The molecule has 2 aromatic carbocycles. The van der Waals surface area contributed by atoms with Crippen molar-refractivity contribution >= 4 is 22.8 Å². The zero-order chi connectivity index (χ0) is 14.4. The summed E-state index contributed by atoms with van der Waals surface area (Å²) in [5, 5.41) is 1.63. The van der Waals surface area contributed by atoms with Gasteiger partial charge in [0.2, 0.25) is 0 Å². The van der Waals surface area contributed by atoms with Crippen molar-refractivity contribution in [2.75, 3.05) is 7.11 Å². The molecule has 0 aliphatic rings. The minimum Gasteiger partial charge on any atom is -0.465 e. The van der Waals surface area contributed by atoms with Crippen LogP contribution in [0.2, 0.25) is 0 Å². The smallest absolute Gasteiger partial charge is 0.337 e. The number of carbonyl (C=O) groups excluding carboxylic acids is 1. The molecule has 1 unspecified atom stereocenters. The molecule has 0 saturated heterocycles. The molecule has 0 fully saturated rings. The maximum Gasteiger partial charge on any atom is 0.337 e. The molecule has 3 nitrogen and oxygen atoms in total. The Hall–Kier alpha value is -2.20. The molecular weight excluding hydrogens is 272 g/mol. The minimum atomic E-state index is -1.17. The second kappa shape index (κ2) is 6.82. The van der Waals surface area contributed by atoms with Crippen LogP contribution in [0.15, 0.2) is 64.9 Å². The van der Waals surface area contributed by atoms with Crippen molar-refractivity contribution < 1.29 is 13.7 Å². The standard InChI is InChI=1S/C16H14O3S/c1-19-16(17)14-9-7-13(8-10-14)11-12-20(18)15-5-3-2-4-6-15/h2-12H,1H3/b12-11+. The van der Waals surface area contributed by atoms with E-state index in [1.54, 1.807) is 35.7 Å². The lowest BCUT2D eigenvalue weighted by Gasteiger charge is -1.99. The Morgan fingerprint density at radius 3 is 2.30 bits per heavy atom. The number of esters is 1. The van der Waals surface area contributed by atoms with E-state index in [0.717, 1.165) is 10.5 Å². The largest absolute Gasteiger partial charge is 0.465 e. The van der Waals surface area contributed by atoms with Crippen molar-refractivity contribution in [3.63, 3.8) is 0 Å². The Balaban J connectivity index is 2.08. The van der Waals surface area contributed by atoms with Gasteiger partial charge in [-0.1, -0.05) is 30.3 Å². The second-order valence-electron chi connectivity index (χ2n) is 4.03. The number of methoxy groups -OCH3 is 1. The predicted molar refractivity (Wildman–Crippen MR) is 79.7 cm³/mol. The molecule has 0 saturated carbocycles. The molecule has 2 aromatic rings. The molecule has 1 atom stereocenters. The van der Waals surface area contributed by atoms with Gasteiger partial charge in [0.05, 0.1) is 23.5 Å². The summed E-state index contributed by atoms with van der Waals surface area (Å²) in [6.45, 7) is 0. The number of carbonyl (C=O) groups is 1. The average molecular weight is 286 g/mol. The van der Waals surface area contributed by atoms with Gasteiger partial charge in [-0.15, -0.1) is 0 Å². The van der Waals surface area contributed by atoms with E-state index in [2.05, 4.69) is 4.74 Å². The highest BCUT2D eigenvalue weighted by Gasteiger charge is 2.03. The zero-order valence-corrected chi connectivity index (χ0v) is 11.8. The molecule has 0 aliphatic heterocycles. The monoisotopic (exact) mass is 286 g/mol. The summed E-state index contributed by atoms with van der Waals surface area (Å²) < 4.78 is 16.6. The molecule has 0 N–H and O–H groups in total. The van der Waals surface area contributed by atoms with Crippen LogP contribution >= 0.6 is 0 Å². The van der Waals surface area contributed by atoms with Crippen molar-refractivity contribution in [2.24, 2.45) is 0 Å². The van der Waals surface area contributed by atoms with E-state index in [1.165, 1.54) is 7.11 Å². The summed E-state index contributed by atoms with van der Waals surface area (Å²) in [4.78, 5) is 12.0. The summed E-state index contributed by atoms with van der Waals surface area (Å²) in [6.07, 6.45) is 1.77. The fraction of sp³-hybridized carbons (Fsp3) is 0.0625. The van der Waals surface area contributed by atoms with Crippen molar-refractivity contribution in [2.45, 2.75) is 4.90 Å². The first-order chi connectivity index (χ1) is 9.70. The van der Waals surface area contributed by atoms with Crippen molar-refractivity contribution in [1.29, 1.82) is 0 Å². The van der Waals surface area contributed by atoms with Crippen LogP contribution in [-0.2, 0) is 15.5 Å². The fourth-order valence-corrected chi connectivity index (χ4v) is 2.48. The van der Waals surface area contributed by atoms with E-state index in [1.807, 2.05) is 30.3 Å². The Bertz CT molecular complexity index is 631. The van der Waals surface area contributed by atoms with Crippen molar-refractivity contribution in [1.82, 2.24) is 0 Å². The summed E-state index contributed by atoms with van der Waals surface area (Å²) >= 11 is 0. The Morgan fingerprint density at radius 2 is 1.70 bits per heavy atom. The third-order valence-electron chi connectivity index (χ3n) is 2.69. The first-order valence-electron chi connectivity index (χ1n) is 6.03. The average Bonchev–Trinajstić information content (AvgIpc) is 2.53. The highest BCUT2D eigenvalue weighted by atomic mass is 32.2. The summed E-state index contributed by atoms with van der Waals surface area (Å²) in [6, 6.07) is 16.2. The number of benzene rings is 2. The number of ether oxygens (including phenoxy) is 1. The van der Waals surface area contributed by atoms with Gasteiger partial charge in [-0.2, -0.15) is 0 Å². The van der Waals surface area contributed by atoms with Gasteiger partial charge in [-0.25, -0.2) is 9.00 Å². The topological polar surface area (TPSA) is 43.4 Å². The van der Waals surface area contributed by atoms with E-state index in [9.17, 15) is 9.00 Å². The van der Waals surface area contributed by atoms with Gasteiger partial charge in [-0.3, -0.25) is 0 Å². The lowest BCUT2D eigenvalue weighted by Crippen LogP contribution is -2.00. The van der Waals surface area contributed by atoms with Crippen LogP contribution < -0.4 is 0 Å². The molecule has 102 valence electrons. The van der Waals surface area contributed by atoms with Gasteiger partial charge in [0.25, 0.3) is 0 Å². The molecule has 0 heterocycles. The van der Waals surface area contributed by atoms with Gasteiger partial charge >= 0.3 is 5.97 Å². The molecule has 0 aromatic heterocycles. The van der Waals surface area contributed by atoms with Gasteiger partial charge in [-0.05, 0) is 35.9 Å². The van der Waals surface area contributed by atoms with Gasteiger partial charge in [0.1, 0.15) is 0 Å². The molecule has 0 radical (unpaired) electrons. The predicted octanol–water partition coefficient (Wildman–Crippen LogP) is 3.25. The molecule has 0 spiro atoms. The van der Waals surface area contributed by atoms with E-state index < -0.39 is 10.8 Å². The van der Waals surface area contributed by atoms with Crippen LogP contribution in [-0.4, -0.2) is 17.3 Å². The number of hydrogen-bond donors (Lipinski definition) is 0. The number of hydrogen-bond acceptors (Lipinski definition) is 3. The maximum absolute atomic E-state index is 12.0. The molecule has 0 aliphatic carbocycles. The first kappa shape index (κ1) is 14.2. The Kier molecular flexibility index (Phi) is 4.85. The maximum atomic E-state index is 12.0. The first-order valence-corrected chi connectivity index (χ1v) is 7.24. The van der Waals surface area contributed by atoms with E-state index >= 15 is 0 Å². The third-order valence-corrected chi connectivity index (χ3v) is 3.81. The quantitative estimate of drug-likeness (QED) is 0.810. The van der Waals surface area contributed by atoms with Crippen LogP contribution in [0, 0.1) is 0 Å². The number of rotatable bonds is 4. The molecule has 4 heteroatoms. The Labute approximate surface area is 120 Å². The highest BCUT2D eigenvalue weighted by Crippen LogP contribution is 2.11. The SMILES string of the molecule is COC(=O)c1ccc(/C=C/S(=O)c2ccccc2)cc1. The van der Waals surface area contributed by atoms with E-state index in [4.69, 9.17) is 0 Å². The van der Waals surface area contributed by atoms with Gasteiger partial charge < -0.3 is 4.74 Å². The minimum absolute atomic E-state index is 0.367. The third kappa shape index (κ3) is 3.65. The summed E-state index contributed by atoms with van der Waals surface area (Å²) in [5.74, 6) is -0.367. The zero-order valence-electron chi connectivity index (χ0n) is 11.0. The van der Waals surface area contributed by atoms with Crippen LogP contribution in [0.1, 0.15) is 15.9 Å². The lowest BCUT2D eigenvalue weighted by atomic mass is 10.1. The molecule has 0 bridgehead atoms. The van der Waals surface area contributed by atoms with Crippen LogP contribution in [0.5, 0.6) is 0 Å². The molecule has 2 rings (SSSR count). The van der Waals surface area contributed by atoms with Crippen molar-refractivity contribution in [3.05, 3.63) is 71.1 Å². The van der Waals surface area contributed by atoms with Gasteiger partial charge in [0, 0.05) is 10.3 Å². The highest BCUT2D eigenvalue weighted by molar-refractivity contribution is 7.88. The molecular formula is C16H14O3S. The summed E-state index contributed by atoms with van der Waals surface area (Å²) in [7, 11) is 0.175. The molecule has 20 heavy (non-hydrogen) atoms. The van der Waals surface area contributed by atoms with E-state index in [-0.39, 0.29) is 5.97 Å². The van der Waals surface area contributed by atoms with Crippen LogP contribution in [0.25, 0.3) is 6.08 Å². The second-order valence-corrected chi connectivity index (χ2v) is 5.37.